The maximum atomic E-state index is 14.0. The number of halogens is 1. The number of aromatic nitrogens is 1. The molecule has 4 aromatic rings. The Morgan fingerprint density at radius 3 is 2.68 bits per heavy atom. The maximum Gasteiger partial charge on any atom is 0.338 e. The van der Waals surface area contributed by atoms with Crippen LogP contribution in [0, 0.1) is 11.3 Å². The van der Waals surface area contributed by atoms with Gasteiger partial charge in [0, 0.05) is 15.5 Å². The van der Waals surface area contributed by atoms with Crippen molar-refractivity contribution in [3.8, 4) is 11.8 Å². The minimum Gasteiger partial charge on any atom is -0.488 e. The summed E-state index contributed by atoms with van der Waals surface area (Å²) in [5.41, 5.74) is 2.90. The number of rotatable bonds is 9. The van der Waals surface area contributed by atoms with Crippen LogP contribution in [0.5, 0.6) is 5.75 Å². The summed E-state index contributed by atoms with van der Waals surface area (Å²) in [5, 5.41) is 11.5. The van der Waals surface area contributed by atoms with Crippen LogP contribution in [-0.2, 0) is 16.1 Å². The van der Waals surface area contributed by atoms with E-state index >= 15 is 0 Å². The number of allylic oxidation sites excluding steroid dienone is 1. The highest BCUT2D eigenvalue weighted by atomic mass is 35.5. The van der Waals surface area contributed by atoms with Crippen LogP contribution >= 0.6 is 34.3 Å². The van der Waals surface area contributed by atoms with Crippen molar-refractivity contribution in [2.24, 2.45) is 4.99 Å². The average molecular weight is 604 g/mol. The van der Waals surface area contributed by atoms with Crippen LogP contribution in [0.15, 0.2) is 81.0 Å². The van der Waals surface area contributed by atoms with Gasteiger partial charge >= 0.3 is 5.97 Å². The van der Waals surface area contributed by atoms with Crippen LogP contribution in [0.3, 0.4) is 0 Å². The Kier molecular flexibility index (Phi) is 8.84. The van der Waals surface area contributed by atoms with Gasteiger partial charge in [0.1, 0.15) is 18.4 Å². The van der Waals surface area contributed by atoms with Crippen LogP contribution in [0.4, 0.5) is 0 Å². The zero-order valence-electron chi connectivity index (χ0n) is 22.4. The van der Waals surface area contributed by atoms with Gasteiger partial charge in [-0.1, -0.05) is 54.5 Å². The Morgan fingerprint density at radius 1 is 1.20 bits per heavy atom. The molecule has 208 valence electrons. The molecular weight excluding hydrogens is 578 g/mol. The van der Waals surface area contributed by atoms with E-state index in [1.807, 2.05) is 36.6 Å². The fraction of sp³-hybridized carbons (Fsp3) is 0.226. The molecule has 10 heteroatoms. The summed E-state index contributed by atoms with van der Waals surface area (Å²) in [4.78, 5) is 33.4. The number of esters is 1. The molecule has 0 saturated heterocycles. The number of nitriles is 1. The first-order valence-electron chi connectivity index (χ1n) is 13.1. The highest BCUT2D eigenvalue weighted by Gasteiger charge is 2.34. The van der Waals surface area contributed by atoms with Gasteiger partial charge in [0.2, 0.25) is 0 Å². The summed E-state index contributed by atoms with van der Waals surface area (Å²) in [5.74, 6) is 0.0963. The molecule has 0 spiro atoms. The lowest BCUT2D eigenvalue weighted by atomic mass is 9.99. The molecule has 2 aromatic heterocycles. The summed E-state index contributed by atoms with van der Waals surface area (Å²) in [6.45, 7) is 4.29. The molecule has 0 radical (unpaired) electrons. The predicted octanol–water partition coefficient (Wildman–Crippen LogP) is 5.74. The predicted molar refractivity (Wildman–Crippen MR) is 161 cm³/mol. The zero-order chi connectivity index (χ0) is 28.9. The number of carbonyl (C=O) groups is 1. The molecule has 2 aromatic carbocycles. The third-order valence-corrected chi connectivity index (χ3v) is 8.58. The molecule has 0 unspecified atom stereocenters. The van der Waals surface area contributed by atoms with Gasteiger partial charge in [-0.05, 0) is 66.8 Å². The first-order valence-corrected chi connectivity index (χ1v) is 15.2. The lowest BCUT2D eigenvalue weighted by Crippen LogP contribution is -2.39. The second-order valence-corrected chi connectivity index (χ2v) is 11.6. The molecule has 5 rings (SSSR count). The van der Waals surface area contributed by atoms with Gasteiger partial charge in [-0.25, -0.2) is 9.79 Å². The van der Waals surface area contributed by atoms with Crippen molar-refractivity contribution in [1.29, 1.82) is 5.26 Å². The number of thiophene rings is 1. The normalized spacial score (nSPS) is 14.8. The summed E-state index contributed by atoms with van der Waals surface area (Å²) >= 11 is 9.09. The van der Waals surface area contributed by atoms with Gasteiger partial charge in [-0.2, -0.15) is 5.26 Å². The summed E-state index contributed by atoms with van der Waals surface area (Å²) < 4.78 is 13.6. The largest absolute Gasteiger partial charge is 0.488 e. The van der Waals surface area contributed by atoms with E-state index in [1.54, 1.807) is 47.9 Å². The van der Waals surface area contributed by atoms with Gasteiger partial charge in [-0.15, -0.1) is 11.3 Å². The minimum absolute atomic E-state index is 0.226. The SMILES string of the molecule is CCCC1=C(C(=O)OCC)[C@@H](c2cccs2)n2c(s/c(=C\c3cc(Cl)ccc3OCc3ccc(C#N)cc3)c2=O)=N1. The van der Waals surface area contributed by atoms with Gasteiger partial charge in [0.15, 0.2) is 4.80 Å². The fourth-order valence-electron chi connectivity index (χ4n) is 4.58. The molecule has 0 fully saturated rings. The number of benzene rings is 2. The summed E-state index contributed by atoms with van der Waals surface area (Å²) in [6, 6.07) is 17.7. The fourth-order valence-corrected chi connectivity index (χ4v) is 6.59. The first kappa shape index (κ1) is 28.6. The quantitative estimate of drug-likeness (QED) is 0.227. The van der Waals surface area contributed by atoms with Crippen molar-refractivity contribution in [3.63, 3.8) is 0 Å². The van der Waals surface area contributed by atoms with Crippen molar-refractivity contribution >= 4 is 46.3 Å². The van der Waals surface area contributed by atoms with E-state index in [2.05, 4.69) is 6.07 Å². The topological polar surface area (TPSA) is 93.7 Å². The Morgan fingerprint density at radius 2 is 2.00 bits per heavy atom. The summed E-state index contributed by atoms with van der Waals surface area (Å²) in [6.07, 6.45) is 3.13. The lowest BCUT2D eigenvalue weighted by molar-refractivity contribution is -0.139. The lowest BCUT2D eigenvalue weighted by Gasteiger charge is -2.24. The molecule has 7 nitrogen and oxygen atoms in total. The minimum atomic E-state index is -0.625. The molecular formula is C31H26ClN3O4S2. The number of hydrogen-bond acceptors (Lipinski definition) is 8. The molecule has 41 heavy (non-hydrogen) atoms. The molecule has 1 aliphatic rings. The van der Waals surface area contributed by atoms with Crippen LogP contribution in [0.2, 0.25) is 5.02 Å². The molecule has 0 N–H and O–H groups in total. The Labute approximate surface area is 249 Å². The van der Waals surface area contributed by atoms with Gasteiger partial charge < -0.3 is 9.47 Å². The van der Waals surface area contributed by atoms with Gasteiger partial charge in [0.25, 0.3) is 5.56 Å². The maximum absolute atomic E-state index is 14.0. The Balaban J connectivity index is 1.60. The molecule has 1 aliphatic heterocycles. The van der Waals surface area contributed by atoms with Crippen LogP contribution in [0.1, 0.15) is 54.3 Å². The Bertz CT molecular complexity index is 1830. The van der Waals surface area contributed by atoms with E-state index in [1.165, 1.54) is 22.7 Å². The number of ether oxygens (including phenoxy) is 2. The smallest absolute Gasteiger partial charge is 0.338 e. The number of fused-ring (bicyclic) bond motifs is 1. The van der Waals surface area contributed by atoms with Crippen LogP contribution in [0.25, 0.3) is 6.08 Å². The van der Waals surface area contributed by atoms with Gasteiger partial charge in [0.05, 0.1) is 34.0 Å². The highest BCUT2D eigenvalue weighted by molar-refractivity contribution is 7.10. The number of carbonyl (C=O) groups excluding carboxylic acids is 1. The highest BCUT2D eigenvalue weighted by Crippen LogP contribution is 2.34. The molecule has 0 aliphatic carbocycles. The van der Waals surface area contributed by atoms with E-state index in [0.717, 1.165) is 16.9 Å². The van der Waals surface area contributed by atoms with Crippen molar-refractivity contribution in [1.82, 2.24) is 4.57 Å². The third kappa shape index (κ3) is 6.05. The average Bonchev–Trinajstić information content (AvgIpc) is 3.61. The van der Waals surface area contributed by atoms with Crippen molar-refractivity contribution in [2.75, 3.05) is 6.61 Å². The molecule has 0 bridgehead atoms. The second kappa shape index (κ2) is 12.7. The van der Waals surface area contributed by atoms with Crippen molar-refractivity contribution < 1.29 is 14.3 Å². The van der Waals surface area contributed by atoms with Crippen molar-refractivity contribution in [2.45, 2.75) is 39.3 Å². The monoisotopic (exact) mass is 603 g/mol. The van der Waals surface area contributed by atoms with E-state index in [-0.39, 0.29) is 18.8 Å². The number of thiazole rings is 1. The first-order chi connectivity index (χ1) is 19.9. The van der Waals surface area contributed by atoms with Crippen molar-refractivity contribution in [3.05, 3.63) is 118 Å². The second-order valence-electron chi connectivity index (χ2n) is 9.21. The van der Waals surface area contributed by atoms with Gasteiger partial charge in [-0.3, -0.25) is 9.36 Å². The van der Waals surface area contributed by atoms with E-state index in [0.29, 0.717) is 48.9 Å². The number of hydrogen-bond donors (Lipinski definition) is 0. The number of nitrogens with zero attached hydrogens (tertiary/aromatic N) is 3. The standard InChI is InChI=1S/C31H26ClN3O4S2/c1-3-6-23-27(30(37)38-4-2)28(25-7-5-14-40-25)35-29(36)26(41-31(35)34-23)16-21-15-22(32)12-13-24(21)39-18-20-10-8-19(17-33)9-11-20/h5,7-16,28H,3-4,6,18H2,1-2H3/b26-16-/t28-/m1/s1. The van der Waals surface area contributed by atoms with Crippen LogP contribution in [-0.4, -0.2) is 17.1 Å². The molecule has 0 amide bonds. The van der Waals surface area contributed by atoms with E-state index in [4.69, 9.17) is 31.3 Å². The molecule has 1 atom stereocenters. The van der Waals surface area contributed by atoms with Crippen LogP contribution < -0.4 is 19.6 Å². The zero-order valence-corrected chi connectivity index (χ0v) is 24.8. The molecule has 0 saturated carbocycles. The molecule has 3 heterocycles. The summed E-state index contributed by atoms with van der Waals surface area (Å²) in [7, 11) is 0. The Hall–Kier alpha value is -3.97. The van der Waals surface area contributed by atoms with E-state index in [9.17, 15) is 9.59 Å². The van der Waals surface area contributed by atoms with E-state index < -0.39 is 12.0 Å². The third-order valence-electron chi connectivity index (χ3n) is 6.44.